The molecular formula is C60H120O8. The van der Waals surface area contributed by atoms with Gasteiger partial charge in [-0.3, -0.25) is 0 Å². The van der Waals surface area contributed by atoms with Gasteiger partial charge in [-0.2, -0.15) is 0 Å². The maximum Gasteiger partial charge on any atom is 0.0697 e. The Kier molecular flexibility index (Phi) is 85.8. The highest BCUT2D eigenvalue weighted by atomic mass is 16.5. The van der Waals surface area contributed by atoms with Crippen LogP contribution in [-0.4, -0.2) is 99.7 Å². The van der Waals surface area contributed by atoms with Gasteiger partial charge in [-0.15, -0.1) is 6.58 Å². The molecule has 0 atom stereocenters. The summed E-state index contributed by atoms with van der Waals surface area (Å²) in [7, 11) is 0. The lowest BCUT2D eigenvalue weighted by atomic mass is 10.1. The van der Waals surface area contributed by atoms with Gasteiger partial charge in [-0.05, 0) is 103 Å². The topological polar surface area (TPSA) is 118 Å². The number of hydrogen-bond acceptors (Lipinski definition) is 8. The molecule has 4 N–H and O–H groups in total. The lowest BCUT2D eigenvalue weighted by Crippen LogP contribution is -2.00. The predicted molar refractivity (Wildman–Crippen MR) is 297 cm³/mol. The molecule has 0 spiro atoms. The molecule has 0 saturated heterocycles. The molecule has 68 heavy (non-hydrogen) atoms. The van der Waals surface area contributed by atoms with Crippen LogP contribution in [0.25, 0.3) is 0 Å². The van der Waals surface area contributed by atoms with Crippen molar-refractivity contribution in [3.8, 4) is 0 Å². The molecule has 0 rings (SSSR count). The highest BCUT2D eigenvalue weighted by Gasteiger charge is 1.95. The van der Waals surface area contributed by atoms with Gasteiger partial charge >= 0.3 is 0 Å². The SMILES string of the molecule is C=CCCCCCCCCOCCO.CC/C=C/CCCCCCCCOCCO.CCCC/C=C/CCCCCCCCOCCO.CCCCCC/C=C/CCCCCCCCOCCO. The molecule has 0 saturated carbocycles. The summed E-state index contributed by atoms with van der Waals surface area (Å²) < 4.78 is 20.8. The molecule has 0 fully saturated rings. The van der Waals surface area contributed by atoms with Crippen LogP contribution < -0.4 is 0 Å². The third-order valence-corrected chi connectivity index (χ3v) is 11.3. The fourth-order valence-electron chi connectivity index (χ4n) is 7.15. The molecule has 0 bridgehead atoms. The number of allylic oxidation sites excluding steroid dienone is 7. The van der Waals surface area contributed by atoms with E-state index in [1.54, 1.807) is 0 Å². The first-order valence-electron chi connectivity index (χ1n) is 29.0. The summed E-state index contributed by atoms with van der Waals surface area (Å²) in [6, 6.07) is 0. The Morgan fingerprint density at radius 2 is 0.500 bits per heavy atom. The Hall–Kier alpha value is -1.36. The summed E-state index contributed by atoms with van der Waals surface area (Å²) >= 11 is 0. The molecule has 0 aromatic rings. The van der Waals surface area contributed by atoms with E-state index >= 15 is 0 Å². The van der Waals surface area contributed by atoms with Gasteiger partial charge in [0, 0.05) is 26.4 Å². The molecule has 0 unspecified atom stereocenters. The van der Waals surface area contributed by atoms with Crippen molar-refractivity contribution in [1.29, 1.82) is 0 Å². The number of aliphatic hydroxyl groups is 4. The van der Waals surface area contributed by atoms with E-state index in [0.29, 0.717) is 26.4 Å². The maximum atomic E-state index is 8.55. The van der Waals surface area contributed by atoms with Gasteiger partial charge in [0.25, 0.3) is 0 Å². The number of hydrogen-bond donors (Lipinski definition) is 4. The molecule has 8 heteroatoms. The van der Waals surface area contributed by atoms with Crippen LogP contribution in [0.2, 0.25) is 0 Å². The van der Waals surface area contributed by atoms with Gasteiger partial charge in [0.05, 0.1) is 52.9 Å². The van der Waals surface area contributed by atoms with Crippen molar-refractivity contribution in [3.05, 3.63) is 49.1 Å². The average molecular weight is 970 g/mol. The van der Waals surface area contributed by atoms with E-state index in [1.807, 2.05) is 6.08 Å². The van der Waals surface area contributed by atoms with Crippen LogP contribution in [0.5, 0.6) is 0 Å². The van der Waals surface area contributed by atoms with Crippen molar-refractivity contribution in [2.75, 3.05) is 79.3 Å². The highest BCUT2D eigenvalue weighted by molar-refractivity contribution is 4.82. The van der Waals surface area contributed by atoms with Crippen molar-refractivity contribution in [2.24, 2.45) is 0 Å². The van der Waals surface area contributed by atoms with E-state index < -0.39 is 0 Å². The second kappa shape index (κ2) is 79.8. The van der Waals surface area contributed by atoms with E-state index in [2.05, 4.69) is 63.8 Å². The van der Waals surface area contributed by atoms with Crippen molar-refractivity contribution >= 4 is 0 Å². The van der Waals surface area contributed by atoms with Gasteiger partial charge in [0.15, 0.2) is 0 Å². The van der Waals surface area contributed by atoms with Crippen LogP contribution in [0.3, 0.4) is 0 Å². The van der Waals surface area contributed by atoms with E-state index in [-0.39, 0.29) is 26.4 Å². The third-order valence-electron chi connectivity index (χ3n) is 11.3. The van der Waals surface area contributed by atoms with Gasteiger partial charge in [-0.1, -0.05) is 198 Å². The lowest BCUT2D eigenvalue weighted by Gasteiger charge is -2.02. The Bertz CT molecular complexity index is 895. The minimum Gasteiger partial charge on any atom is -0.394 e. The van der Waals surface area contributed by atoms with Crippen molar-refractivity contribution in [2.45, 2.75) is 258 Å². The summed E-state index contributed by atoms with van der Waals surface area (Å²) in [6.07, 6.45) is 63.5. The van der Waals surface area contributed by atoms with Crippen LogP contribution in [0.4, 0.5) is 0 Å². The Morgan fingerprint density at radius 1 is 0.265 bits per heavy atom. The highest BCUT2D eigenvalue weighted by Crippen LogP contribution is 2.11. The minimum atomic E-state index is 0.140. The largest absolute Gasteiger partial charge is 0.394 e. The summed E-state index contributed by atoms with van der Waals surface area (Å²) in [5, 5.41) is 34.0. The van der Waals surface area contributed by atoms with Crippen molar-refractivity contribution in [3.63, 3.8) is 0 Å². The normalized spacial score (nSPS) is 11.2. The number of unbranched alkanes of at least 4 members (excludes halogenated alkanes) is 30. The zero-order valence-electron chi connectivity index (χ0n) is 45.8. The van der Waals surface area contributed by atoms with Gasteiger partial charge in [0.2, 0.25) is 0 Å². The molecule has 0 aliphatic rings. The van der Waals surface area contributed by atoms with E-state index in [0.717, 1.165) is 65.0 Å². The summed E-state index contributed by atoms with van der Waals surface area (Å²) in [5.74, 6) is 0. The van der Waals surface area contributed by atoms with Crippen LogP contribution in [0, 0.1) is 0 Å². The van der Waals surface area contributed by atoms with E-state index in [1.165, 1.54) is 199 Å². The molecule has 0 aromatic carbocycles. The van der Waals surface area contributed by atoms with Gasteiger partial charge < -0.3 is 39.4 Å². The maximum absolute atomic E-state index is 8.55. The quantitative estimate of drug-likeness (QED) is 0.0352. The monoisotopic (exact) mass is 969 g/mol. The first-order chi connectivity index (χ1) is 33.7. The molecule has 0 heterocycles. The average Bonchev–Trinajstić information content (AvgIpc) is 3.35. The molecular weight excluding hydrogens is 849 g/mol. The first-order valence-corrected chi connectivity index (χ1v) is 29.0. The lowest BCUT2D eigenvalue weighted by molar-refractivity contribution is 0.0895. The summed E-state index contributed by atoms with van der Waals surface area (Å²) in [6.45, 7) is 16.1. The van der Waals surface area contributed by atoms with Crippen LogP contribution in [-0.2, 0) is 18.9 Å². The summed E-state index contributed by atoms with van der Waals surface area (Å²) in [4.78, 5) is 0. The van der Waals surface area contributed by atoms with E-state index in [4.69, 9.17) is 39.4 Å². The van der Waals surface area contributed by atoms with Gasteiger partial charge in [-0.25, -0.2) is 0 Å². The minimum absolute atomic E-state index is 0.140. The van der Waals surface area contributed by atoms with Crippen LogP contribution in [0.1, 0.15) is 258 Å². The fourth-order valence-corrected chi connectivity index (χ4v) is 7.15. The molecule has 8 nitrogen and oxygen atoms in total. The number of aliphatic hydroxyl groups excluding tert-OH is 4. The van der Waals surface area contributed by atoms with Crippen LogP contribution in [0.15, 0.2) is 49.1 Å². The number of rotatable bonds is 53. The van der Waals surface area contributed by atoms with E-state index in [9.17, 15) is 0 Å². The molecule has 0 amide bonds. The van der Waals surface area contributed by atoms with Gasteiger partial charge in [0.1, 0.15) is 0 Å². The van der Waals surface area contributed by atoms with Crippen molar-refractivity contribution in [1.82, 2.24) is 0 Å². The fraction of sp³-hybridized carbons (Fsp3) is 0.867. The zero-order chi connectivity index (χ0) is 50.4. The Balaban J connectivity index is -0.000000405. The third kappa shape index (κ3) is 87.7. The Morgan fingerprint density at radius 3 is 0.765 bits per heavy atom. The predicted octanol–water partition coefficient (Wildman–Crippen LogP) is 16.3. The second-order valence-corrected chi connectivity index (χ2v) is 18.1. The molecule has 0 aliphatic carbocycles. The standard InChI is InChI=1S/C18H36O2.C16H32O2.C14H28O2.C12H24O2/c1-2-3-4-5-6-7-8-9-10-11-12-13-14-15-17-20-18-16-19;1-2-3-4-5-6-7-8-9-10-11-12-13-15-18-16-14-17;1-2-3-4-5-6-7-8-9-10-11-13-16-14-12-15;1-2-3-4-5-6-7-8-9-11-14-12-10-13/h7-8,19H,2-6,9-18H2,1H3;5-6,17H,2-4,7-16H2,1H3;3-4,15H,2,5-14H2,1H3;2,13H,1,3-12H2/b8-7+;6-5+;4-3+;. The van der Waals surface area contributed by atoms with Crippen molar-refractivity contribution < 1.29 is 39.4 Å². The smallest absolute Gasteiger partial charge is 0.0697 e. The second-order valence-electron chi connectivity index (χ2n) is 18.1. The molecule has 0 aliphatic heterocycles. The Labute approximate surface area is 424 Å². The first kappa shape index (κ1) is 73.2. The zero-order valence-corrected chi connectivity index (χ0v) is 45.8. The number of ether oxygens (including phenoxy) is 4. The molecule has 0 aromatic heterocycles. The molecule has 0 radical (unpaired) electrons. The summed E-state index contributed by atoms with van der Waals surface area (Å²) in [5.41, 5.74) is 0. The molecule has 408 valence electrons. The van der Waals surface area contributed by atoms with Crippen LogP contribution >= 0.6 is 0 Å².